The van der Waals surface area contributed by atoms with Gasteiger partial charge in [0.15, 0.2) is 0 Å². The molecule has 0 fully saturated rings. The van der Waals surface area contributed by atoms with Gasteiger partial charge in [0, 0.05) is 19.4 Å². The van der Waals surface area contributed by atoms with E-state index in [1.54, 1.807) is 6.20 Å². The molecule has 0 bridgehead atoms. The van der Waals surface area contributed by atoms with Gasteiger partial charge in [0.2, 0.25) is 0 Å². The number of imidazole rings is 1. The third kappa shape index (κ3) is 3.06. The monoisotopic (exact) mass is 210 g/mol. The molecule has 0 radical (unpaired) electrons. The molecule has 2 unspecified atom stereocenters. The summed E-state index contributed by atoms with van der Waals surface area (Å²) in [6, 6.07) is 0. The van der Waals surface area contributed by atoms with Crippen LogP contribution < -0.4 is 0 Å². The number of aryl methyl sites for hydroxylation is 1. The molecule has 0 amide bonds. The van der Waals surface area contributed by atoms with Gasteiger partial charge < -0.3 is 9.67 Å². The topological polar surface area (TPSA) is 38.1 Å². The molecule has 15 heavy (non-hydrogen) atoms. The van der Waals surface area contributed by atoms with Crippen molar-refractivity contribution in [2.75, 3.05) is 0 Å². The van der Waals surface area contributed by atoms with Crippen molar-refractivity contribution >= 4 is 0 Å². The lowest BCUT2D eigenvalue weighted by atomic mass is 9.93. The average Bonchev–Trinajstić information content (AvgIpc) is 2.65. The number of aliphatic hydroxyl groups is 1. The van der Waals surface area contributed by atoms with E-state index in [-0.39, 0.29) is 0 Å². The maximum Gasteiger partial charge on any atom is 0.137 e. The highest BCUT2D eigenvalue weighted by Gasteiger charge is 2.21. The van der Waals surface area contributed by atoms with Gasteiger partial charge in [-0.15, -0.1) is 0 Å². The summed E-state index contributed by atoms with van der Waals surface area (Å²) >= 11 is 0. The summed E-state index contributed by atoms with van der Waals surface area (Å²) in [7, 11) is 1.93. The predicted molar refractivity (Wildman–Crippen MR) is 61.5 cm³/mol. The molecule has 0 saturated heterocycles. The zero-order valence-corrected chi connectivity index (χ0v) is 9.98. The van der Waals surface area contributed by atoms with Gasteiger partial charge in [-0.05, 0) is 12.3 Å². The fraction of sp³-hybridized carbons (Fsp3) is 0.750. The highest BCUT2D eigenvalue weighted by atomic mass is 16.3. The molecule has 3 nitrogen and oxygen atoms in total. The van der Waals surface area contributed by atoms with Crippen LogP contribution in [0.25, 0.3) is 0 Å². The van der Waals surface area contributed by atoms with Crippen molar-refractivity contribution in [2.45, 2.75) is 45.6 Å². The molecule has 1 aromatic rings. The molecule has 0 spiro atoms. The van der Waals surface area contributed by atoms with Crippen molar-refractivity contribution in [3.8, 4) is 0 Å². The number of rotatable bonds is 6. The lowest BCUT2D eigenvalue weighted by Gasteiger charge is -2.20. The molecule has 0 saturated carbocycles. The quantitative estimate of drug-likeness (QED) is 0.784. The zero-order chi connectivity index (χ0) is 11.3. The summed E-state index contributed by atoms with van der Waals surface area (Å²) < 4.78 is 1.90. The van der Waals surface area contributed by atoms with Gasteiger partial charge >= 0.3 is 0 Å². The second kappa shape index (κ2) is 5.91. The number of aromatic nitrogens is 2. The summed E-state index contributed by atoms with van der Waals surface area (Å²) in [5.74, 6) is 1.13. The van der Waals surface area contributed by atoms with Gasteiger partial charge in [0.1, 0.15) is 11.9 Å². The minimum absolute atomic E-state index is 0.339. The second-order valence-corrected chi connectivity index (χ2v) is 4.15. The van der Waals surface area contributed by atoms with Gasteiger partial charge in [-0.1, -0.05) is 33.1 Å². The fourth-order valence-corrected chi connectivity index (χ4v) is 1.92. The number of unbranched alkanes of at least 4 members (excludes halogenated alkanes) is 1. The first-order valence-corrected chi connectivity index (χ1v) is 5.86. The molecular formula is C12H22N2O. The predicted octanol–water partition coefficient (Wildman–Crippen LogP) is 2.67. The molecule has 86 valence electrons. The lowest BCUT2D eigenvalue weighted by Crippen LogP contribution is -2.15. The van der Waals surface area contributed by atoms with Crippen molar-refractivity contribution in [1.82, 2.24) is 9.55 Å². The van der Waals surface area contributed by atoms with Crippen molar-refractivity contribution in [3.05, 3.63) is 18.2 Å². The van der Waals surface area contributed by atoms with Crippen LogP contribution in [-0.2, 0) is 7.05 Å². The Morgan fingerprint density at radius 1 is 1.47 bits per heavy atom. The third-order valence-electron chi connectivity index (χ3n) is 3.02. The van der Waals surface area contributed by atoms with Crippen LogP contribution in [-0.4, -0.2) is 14.7 Å². The van der Waals surface area contributed by atoms with Crippen LogP contribution in [0.1, 0.15) is 51.5 Å². The number of hydrogen-bond donors (Lipinski definition) is 1. The maximum absolute atomic E-state index is 10.2. The Morgan fingerprint density at radius 3 is 2.67 bits per heavy atom. The molecule has 3 heteroatoms. The molecule has 0 aliphatic carbocycles. The molecule has 1 heterocycles. The molecule has 0 aromatic carbocycles. The van der Waals surface area contributed by atoms with Crippen molar-refractivity contribution in [1.29, 1.82) is 0 Å². The fourth-order valence-electron chi connectivity index (χ4n) is 1.92. The van der Waals surface area contributed by atoms with E-state index >= 15 is 0 Å². The van der Waals surface area contributed by atoms with Crippen LogP contribution in [0, 0.1) is 5.92 Å². The van der Waals surface area contributed by atoms with Crippen molar-refractivity contribution < 1.29 is 5.11 Å². The van der Waals surface area contributed by atoms with Crippen molar-refractivity contribution in [3.63, 3.8) is 0 Å². The van der Waals surface area contributed by atoms with E-state index in [0.29, 0.717) is 5.92 Å². The van der Waals surface area contributed by atoms with E-state index in [0.717, 1.165) is 18.7 Å². The SMILES string of the molecule is CCCCC(CC)C(O)c1nccn1C. The second-order valence-electron chi connectivity index (χ2n) is 4.15. The van der Waals surface area contributed by atoms with E-state index in [1.165, 1.54) is 12.8 Å². The lowest BCUT2D eigenvalue weighted by molar-refractivity contribution is 0.0881. The molecule has 1 rings (SSSR count). The first kappa shape index (κ1) is 12.2. The molecular weight excluding hydrogens is 188 g/mol. The van der Waals surface area contributed by atoms with Crippen LogP contribution in [0.5, 0.6) is 0 Å². The number of aliphatic hydroxyl groups excluding tert-OH is 1. The van der Waals surface area contributed by atoms with E-state index in [9.17, 15) is 5.11 Å². The van der Waals surface area contributed by atoms with Gasteiger partial charge in [0.05, 0.1) is 0 Å². The van der Waals surface area contributed by atoms with Gasteiger partial charge in [-0.3, -0.25) is 0 Å². The van der Waals surface area contributed by atoms with Crippen LogP contribution in [0.3, 0.4) is 0 Å². The van der Waals surface area contributed by atoms with Crippen LogP contribution >= 0.6 is 0 Å². The number of nitrogens with zero attached hydrogens (tertiary/aromatic N) is 2. The van der Waals surface area contributed by atoms with Gasteiger partial charge in [-0.2, -0.15) is 0 Å². The highest BCUT2D eigenvalue weighted by molar-refractivity contribution is 4.97. The van der Waals surface area contributed by atoms with Crippen LogP contribution in [0.15, 0.2) is 12.4 Å². The minimum Gasteiger partial charge on any atom is -0.385 e. The Labute approximate surface area is 92.1 Å². The van der Waals surface area contributed by atoms with E-state index < -0.39 is 6.10 Å². The smallest absolute Gasteiger partial charge is 0.137 e. The van der Waals surface area contributed by atoms with E-state index in [2.05, 4.69) is 18.8 Å². The molecule has 0 aliphatic rings. The zero-order valence-electron chi connectivity index (χ0n) is 9.98. The Balaban J connectivity index is 2.64. The first-order valence-electron chi connectivity index (χ1n) is 5.86. The summed E-state index contributed by atoms with van der Waals surface area (Å²) in [6.07, 6.45) is 7.66. The molecule has 1 N–H and O–H groups in total. The summed E-state index contributed by atoms with van der Waals surface area (Å²) in [5, 5.41) is 10.2. The average molecular weight is 210 g/mol. The molecule has 1 aromatic heterocycles. The van der Waals surface area contributed by atoms with E-state index in [4.69, 9.17) is 0 Å². The Morgan fingerprint density at radius 2 is 2.20 bits per heavy atom. The van der Waals surface area contributed by atoms with Gasteiger partial charge in [0.25, 0.3) is 0 Å². The number of hydrogen-bond acceptors (Lipinski definition) is 2. The largest absolute Gasteiger partial charge is 0.385 e. The molecule has 2 atom stereocenters. The Kier molecular flexibility index (Phi) is 4.82. The standard InChI is InChI=1S/C12H22N2O/c1-4-6-7-10(5-2)11(15)12-13-8-9-14(12)3/h8-11,15H,4-7H2,1-3H3. The van der Waals surface area contributed by atoms with Gasteiger partial charge in [-0.25, -0.2) is 4.98 Å². The summed E-state index contributed by atoms with van der Waals surface area (Å²) in [5.41, 5.74) is 0. The first-order chi connectivity index (χ1) is 7.20. The maximum atomic E-state index is 10.2. The highest BCUT2D eigenvalue weighted by Crippen LogP contribution is 2.27. The normalized spacial score (nSPS) is 15.2. The summed E-state index contributed by atoms with van der Waals surface area (Å²) in [4.78, 5) is 4.21. The summed E-state index contributed by atoms with van der Waals surface area (Å²) in [6.45, 7) is 4.31. The Bertz CT molecular complexity index is 283. The third-order valence-corrected chi connectivity index (χ3v) is 3.02. The van der Waals surface area contributed by atoms with E-state index in [1.807, 2.05) is 17.8 Å². The van der Waals surface area contributed by atoms with Crippen LogP contribution in [0.4, 0.5) is 0 Å². The van der Waals surface area contributed by atoms with Crippen molar-refractivity contribution in [2.24, 2.45) is 13.0 Å². The Hall–Kier alpha value is -0.830. The van der Waals surface area contributed by atoms with Crippen LogP contribution in [0.2, 0.25) is 0 Å². The molecule has 0 aliphatic heterocycles. The minimum atomic E-state index is -0.415.